The van der Waals surface area contributed by atoms with E-state index in [1.54, 1.807) is 0 Å². The molecule has 2 aromatic rings. The van der Waals surface area contributed by atoms with E-state index in [1.807, 2.05) is 30.5 Å². The SMILES string of the molecule is CC(CCC(=O)NC(Cc1c[nH]c2ccccc12)C(=O)O)[C@H]1CC[C@H]2[C@@H]3CC[C@@H]4C[C@H](O)CC[C@]4(C)[C@H]3CC[C@]12C. The molecule has 4 N–H and O–H groups in total. The molecule has 1 aromatic heterocycles. The molecule has 6 heteroatoms. The number of carbonyl (C=O) groups excluding carboxylic acids is 1. The molecule has 0 saturated heterocycles. The van der Waals surface area contributed by atoms with E-state index < -0.39 is 12.0 Å². The van der Waals surface area contributed by atoms with Gasteiger partial charge in [0.1, 0.15) is 6.04 Å². The van der Waals surface area contributed by atoms with Crippen LogP contribution in [0.5, 0.6) is 0 Å². The number of carboxylic acids is 1. The highest BCUT2D eigenvalue weighted by molar-refractivity contribution is 5.86. The van der Waals surface area contributed by atoms with Gasteiger partial charge in [-0.25, -0.2) is 4.79 Å². The lowest BCUT2D eigenvalue weighted by Crippen LogP contribution is -2.54. The maximum atomic E-state index is 13.0. The van der Waals surface area contributed by atoms with E-state index in [1.165, 1.54) is 44.9 Å². The minimum atomic E-state index is -0.990. The number of hydrogen-bond acceptors (Lipinski definition) is 3. The Labute approximate surface area is 245 Å². The summed E-state index contributed by atoms with van der Waals surface area (Å²) in [6, 6.07) is 6.92. The van der Waals surface area contributed by atoms with E-state index in [2.05, 4.69) is 31.1 Å². The van der Waals surface area contributed by atoms with E-state index in [0.29, 0.717) is 35.0 Å². The van der Waals surface area contributed by atoms with Gasteiger partial charge in [0.25, 0.3) is 0 Å². The van der Waals surface area contributed by atoms with Gasteiger partial charge in [0, 0.05) is 29.9 Å². The summed E-state index contributed by atoms with van der Waals surface area (Å²) < 4.78 is 0. The summed E-state index contributed by atoms with van der Waals surface area (Å²) >= 11 is 0. The van der Waals surface area contributed by atoms with Crippen LogP contribution in [-0.2, 0) is 16.0 Å². The van der Waals surface area contributed by atoms with Crippen molar-refractivity contribution in [1.29, 1.82) is 0 Å². The van der Waals surface area contributed by atoms with E-state index in [-0.39, 0.29) is 18.4 Å². The Kier molecular flexibility index (Phi) is 7.76. The van der Waals surface area contributed by atoms with Gasteiger partial charge in [-0.2, -0.15) is 0 Å². The normalized spacial score (nSPS) is 38.0. The first-order valence-electron chi connectivity index (χ1n) is 16.4. The number of aromatic nitrogens is 1. The first-order chi connectivity index (χ1) is 19.6. The number of nitrogens with one attached hydrogen (secondary N) is 2. The van der Waals surface area contributed by atoms with Crippen LogP contribution in [0.25, 0.3) is 10.9 Å². The Hall–Kier alpha value is -2.34. The van der Waals surface area contributed by atoms with Crippen molar-refractivity contribution in [2.75, 3.05) is 0 Å². The van der Waals surface area contributed by atoms with Gasteiger partial charge in [-0.3, -0.25) is 4.79 Å². The van der Waals surface area contributed by atoms with Crippen LogP contribution in [0.3, 0.4) is 0 Å². The number of para-hydroxylation sites is 1. The minimum Gasteiger partial charge on any atom is -0.480 e. The first-order valence-corrected chi connectivity index (χ1v) is 16.4. The summed E-state index contributed by atoms with van der Waals surface area (Å²) in [5.41, 5.74) is 2.63. The fraction of sp³-hybridized carbons (Fsp3) is 0.714. The number of H-pyrrole nitrogens is 1. The molecule has 0 radical (unpaired) electrons. The number of fused-ring (bicyclic) bond motifs is 6. The number of rotatable bonds is 8. The molecule has 1 heterocycles. The molecular formula is C35H50N2O4. The number of aliphatic carboxylic acids is 1. The highest BCUT2D eigenvalue weighted by atomic mass is 16.4. The molecule has 41 heavy (non-hydrogen) atoms. The lowest BCUT2D eigenvalue weighted by Gasteiger charge is -2.61. The molecule has 10 atom stereocenters. The van der Waals surface area contributed by atoms with Gasteiger partial charge < -0.3 is 20.5 Å². The second-order valence-electron chi connectivity index (χ2n) is 14.9. The molecule has 4 aliphatic carbocycles. The van der Waals surface area contributed by atoms with Gasteiger partial charge in [0.05, 0.1) is 6.10 Å². The number of amides is 1. The molecular weight excluding hydrogens is 512 g/mol. The highest BCUT2D eigenvalue weighted by Gasteiger charge is 2.60. The first kappa shape index (κ1) is 28.8. The van der Waals surface area contributed by atoms with Crippen LogP contribution >= 0.6 is 0 Å². The smallest absolute Gasteiger partial charge is 0.326 e. The molecule has 2 unspecified atom stereocenters. The number of hydrogen-bond donors (Lipinski definition) is 4. The zero-order chi connectivity index (χ0) is 28.9. The maximum Gasteiger partial charge on any atom is 0.326 e. The molecule has 6 rings (SSSR count). The van der Waals surface area contributed by atoms with Crippen LogP contribution in [0.15, 0.2) is 30.5 Å². The molecule has 4 fully saturated rings. The zero-order valence-electron chi connectivity index (χ0n) is 25.2. The summed E-state index contributed by atoms with van der Waals surface area (Å²) in [4.78, 5) is 28.3. The second kappa shape index (κ2) is 11.1. The van der Waals surface area contributed by atoms with Crippen LogP contribution in [-0.4, -0.2) is 39.2 Å². The Morgan fingerprint density at radius 1 is 1.02 bits per heavy atom. The van der Waals surface area contributed by atoms with Crippen LogP contribution in [0.2, 0.25) is 0 Å². The third-order valence-electron chi connectivity index (χ3n) is 13.0. The standard InChI is InChI=1S/C35H50N2O4/c1-21(8-13-32(39)37-31(33(40)41)18-22-20-36-30-7-5-4-6-25(22)30)27-11-12-28-26-10-9-23-19-24(38)14-16-34(23,2)29(26)15-17-35(27,28)3/h4-7,20-21,23-24,26-29,31,36,38H,8-19H2,1-3H3,(H,37,39)(H,40,41)/t21?,23-,24-,26+,27-,28+,29+,31?,34+,35-/m1/s1. The summed E-state index contributed by atoms with van der Waals surface area (Å²) in [5, 5.41) is 24.0. The van der Waals surface area contributed by atoms with Crippen molar-refractivity contribution >= 4 is 22.8 Å². The summed E-state index contributed by atoms with van der Waals surface area (Å²) in [6.45, 7) is 7.45. The predicted octanol–water partition coefficient (Wildman–Crippen LogP) is 6.72. The fourth-order valence-corrected chi connectivity index (χ4v) is 10.8. The van der Waals surface area contributed by atoms with Crippen molar-refractivity contribution in [2.45, 2.75) is 110 Å². The molecule has 1 aromatic carbocycles. The lowest BCUT2D eigenvalue weighted by molar-refractivity contribution is -0.141. The van der Waals surface area contributed by atoms with Crippen molar-refractivity contribution in [1.82, 2.24) is 10.3 Å². The Morgan fingerprint density at radius 2 is 1.78 bits per heavy atom. The van der Waals surface area contributed by atoms with Gasteiger partial charge in [-0.05, 0) is 122 Å². The number of aliphatic hydroxyl groups is 1. The average Bonchev–Trinajstić information content (AvgIpc) is 3.52. The number of carboxylic acid groups (broad SMARTS) is 1. The third-order valence-corrected chi connectivity index (χ3v) is 13.0. The second-order valence-corrected chi connectivity index (χ2v) is 14.9. The molecule has 0 spiro atoms. The van der Waals surface area contributed by atoms with Gasteiger partial charge in [-0.1, -0.05) is 39.0 Å². The van der Waals surface area contributed by atoms with E-state index in [4.69, 9.17) is 0 Å². The van der Waals surface area contributed by atoms with Crippen LogP contribution in [0.1, 0.15) is 97.0 Å². The van der Waals surface area contributed by atoms with E-state index in [0.717, 1.165) is 53.5 Å². The molecule has 1 amide bonds. The van der Waals surface area contributed by atoms with Crippen LogP contribution in [0.4, 0.5) is 0 Å². The molecule has 4 aliphatic rings. The van der Waals surface area contributed by atoms with Crippen molar-refractivity contribution < 1.29 is 19.8 Å². The Balaban J connectivity index is 1.06. The lowest BCUT2D eigenvalue weighted by atomic mass is 9.44. The van der Waals surface area contributed by atoms with Crippen molar-refractivity contribution in [3.8, 4) is 0 Å². The van der Waals surface area contributed by atoms with Crippen molar-refractivity contribution in [3.63, 3.8) is 0 Å². The minimum absolute atomic E-state index is 0.0910. The largest absolute Gasteiger partial charge is 0.480 e. The topological polar surface area (TPSA) is 102 Å². The summed E-state index contributed by atoms with van der Waals surface area (Å²) in [6.07, 6.45) is 14.2. The van der Waals surface area contributed by atoms with E-state index in [9.17, 15) is 19.8 Å². The number of aromatic amines is 1. The monoisotopic (exact) mass is 562 g/mol. The fourth-order valence-electron chi connectivity index (χ4n) is 10.8. The summed E-state index contributed by atoms with van der Waals surface area (Å²) in [7, 11) is 0. The number of aliphatic hydroxyl groups excluding tert-OH is 1. The van der Waals surface area contributed by atoms with Gasteiger partial charge >= 0.3 is 5.97 Å². The highest BCUT2D eigenvalue weighted by Crippen LogP contribution is 2.68. The molecule has 0 bridgehead atoms. The molecule has 224 valence electrons. The Morgan fingerprint density at radius 3 is 2.59 bits per heavy atom. The molecule has 6 nitrogen and oxygen atoms in total. The quantitative estimate of drug-likeness (QED) is 0.287. The van der Waals surface area contributed by atoms with Crippen LogP contribution < -0.4 is 5.32 Å². The van der Waals surface area contributed by atoms with Gasteiger partial charge in [0.2, 0.25) is 5.91 Å². The number of benzene rings is 1. The zero-order valence-corrected chi connectivity index (χ0v) is 25.2. The van der Waals surface area contributed by atoms with Crippen molar-refractivity contribution in [2.24, 2.45) is 46.3 Å². The van der Waals surface area contributed by atoms with Gasteiger partial charge in [-0.15, -0.1) is 0 Å². The number of carbonyl (C=O) groups is 2. The van der Waals surface area contributed by atoms with Crippen molar-refractivity contribution in [3.05, 3.63) is 36.0 Å². The molecule has 0 aliphatic heterocycles. The van der Waals surface area contributed by atoms with E-state index >= 15 is 0 Å². The Bertz CT molecular complexity index is 1270. The van der Waals surface area contributed by atoms with Crippen LogP contribution in [0, 0.1) is 46.3 Å². The predicted molar refractivity (Wildman–Crippen MR) is 161 cm³/mol. The average molecular weight is 563 g/mol. The summed E-state index contributed by atoms with van der Waals surface area (Å²) in [5.74, 6) is 3.01. The third kappa shape index (κ3) is 5.13. The maximum absolute atomic E-state index is 13.0. The van der Waals surface area contributed by atoms with Gasteiger partial charge in [0.15, 0.2) is 0 Å². The molecule has 4 saturated carbocycles.